The summed E-state index contributed by atoms with van der Waals surface area (Å²) in [5, 5.41) is 15.8. The summed E-state index contributed by atoms with van der Waals surface area (Å²) in [6, 6.07) is 6.52. The minimum Gasteiger partial charge on any atom is -0.381 e. The van der Waals surface area contributed by atoms with Crippen molar-refractivity contribution < 1.29 is 0 Å². The number of aromatic nitrogens is 1. The maximum atomic E-state index is 8.94. The fourth-order valence-electron chi connectivity index (χ4n) is 2.59. The molecule has 4 nitrogen and oxygen atoms in total. The largest absolute Gasteiger partial charge is 0.381 e. The second kappa shape index (κ2) is 7.75. The molecule has 0 unspecified atom stereocenters. The van der Waals surface area contributed by atoms with Crippen LogP contribution in [0.2, 0.25) is 0 Å². The lowest BCUT2D eigenvalue weighted by Crippen LogP contribution is -2.32. The van der Waals surface area contributed by atoms with Gasteiger partial charge in [0.1, 0.15) is 6.07 Å². The SMILES string of the molecule is N#Cc1ncccc1NCCNC1CCCCCC1. The molecular formula is C15H22N4. The number of nitriles is 1. The third-order valence-corrected chi connectivity index (χ3v) is 3.64. The average Bonchev–Trinajstić information content (AvgIpc) is 2.72. The van der Waals surface area contributed by atoms with Gasteiger partial charge < -0.3 is 10.6 Å². The maximum absolute atomic E-state index is 8.94. The minimum absolute atomic E-state index is 0.469. The highest BCUT2D eigenvalue weighted by Crippen LogP contribution is 2.17. The van der Waals surface area contributed by atoms with Crippen LogP contribution in [0.5, 0.6) is 0 Å². The van der Waals surface area contributed by atoms with Gasteiger partial charge in [0.25, 0.3) is 0 Å². The van der Waals surface area contributed by atoms with Gasteiger partial charge in [-0.25, -0.2) is 4.98 Å². The molecule has 4 heteroatoms. The van der Waals surface area contributed by atoms with Crippen molar-refractivity contribution in [2.24, 2.45) is 0 Å². The van der Waals surface area contributed by atoms with Gasteiger partial charge in [-0.3, -0.25) is 0 Å². The van der Waals surface area contributed by atoms with Gasteiger partial charge in [0.05, 0.1) is 5.69 Å². The Morgan fingerprint density at radius 2 is 2.00 bits per heavy atom. The molecule has 0 saturated heterocycles. The second-order valence-corrected chi connectivity index (χ2v) is 5.08. The topological polar surface area (TPSA) is 60.7 Å². The van der Waals surface area contributed by atoms with Crippen molar-refractivity contribution in [1.29, 1.82) is 5.26 Å². The molecule has 1 heterocycles. The highest BCUT2D eigenvalue weighted by molar-refractivity contribution is 5.53. The van der Waals surface area contributed by atoms with E-state index in [1.54, 1.807) is 6.20 Å². The number of hydrogen-bond acceptors (Lipinski definition) is 4. The fourth-order valence-corrected chi connectivity index (χ4v) is 2.59. The number of nitrogens with zero attached hydrogens (tertiary/aromatic N) is 2. The zero-order valence-corrected chi connectivity index (χ0v) is 11.4. The van der Waals surface area contributed by atoms with Crippen LogP contribution in [0.3, 0.4) is 0 Å². The number of rotatable bonds is 5. The minimum atomic E-state index is 0.469. The van der Waals surface area contributed by atoms with E-state index in [4.69, 9.17) is 5.26 Å². The van der Waals surface area contributed by atoms with Crippen molar-refractivity contribution in [2.75, 3.05) is 18.4 Å². The summed E-state index contributed by atoms with van der Waals surface area (Å²) in [5.74, 6) is 0. The molecule has 1 aromatic rings. The first-order valence-electron chi connectivity index (χ1n) is 7.22. The van der Waals surface area contributed by atoms with Crippen LogP contribution in [0.1, 0.15) is 44.2 Å². The molecule has 2 rings (SSSR count). The van der Waals surface area contributed by atoms with E-state index in [2.05, 4.69) is 21.7 Å². The molecular weight excluding hydrogens is 236 g/mol. The van der Waals surface area contributed by atoms with Crippen LogP contribution in [0.25, 0.3) is 0 Å². The van der Waals surface area contributed by atoms with E-state index in [1.807, 2.05) is 12.1 Å². The Kier molecular flexibility index (Phi) is 5.64. The van der Waals surface area contributed by atoms with Crippen LogP contribution in [-0.4, -0.2) is 24.1 Å². The van der Waals surface area contributed by atoms with E-state index in [0.29, 0.717) is 11.7 Å². The highest BCUT2D eigenvalue weighted by atomic mass is 15.0. The molecule has 1 saturated carbocycles. The Balaban J connectivity index is 1.70. The Bertz CT molecular complexity index is 416. The third kappa shape index (κ3) is 4.53. The van der Waals surface area contributed by atoms with Crippen LogP contribution in [0.4, 0.5) is 5.69 Å². The van der Waals surface area contributed by atoms with Gasteiger partial charge >= 0.3 is 0 Å². The molecule has 0 radical (unpaired) electrons. The summed E-state index contributed by atoms with van der Waals surface area (Å²) >= 11 is 0. The smallest absolute Gasteiger partial charge is 0.163 e. The number of pyridine rings is 1. The summed E-state index contributed by atoms with van der Waals surface area (Å²) in [6.45, 7) is 1.77. The number of anilines is 1. The molecule has 0 bridgehead atoms. The van der Waals surface area contributed by atoms with Crippen molar-refractivity contribution in [3.05, 3.63) is 24.0 Å². The average molecular weight is 258 g/mol. The van der Waals surface area contributed by atoms with Gasteiger partial charge in [-0.15, -0.1) is 0 Å². The molecule has 2 N–H and O–H groups in total. The zero-order chi connectivity index (χ0) is 13.3. The zero-order valence-electron chi connectivity index (χ0n) is 11.4. The van der Waals surface area contributed by atoms with E-state index in [1.165, 1.54) is 38.5 Å². The normalized spacial score (nSPS) is 16.6. The summed E-state index contributed by atoms with van der Waals surface area (Å²) in [7, 11) is 0. The highest BCUT2D eigenvalue weighted by Gasteiger charge is 2.10. The van der Waals surface area contributed by atoms with Crippen molar-refractivity contribution in [1.82, 2.24) is 10.3 Å². The van der Waals surface area contributed by atoms with Gasteiger partial charge in [-0.2, -0.15) is 5.26 Å². The third-order valence-electron chi connectivity index (χ3n) is 3.64. The molecule has 0 amide bonds. The molecule has 102 valence electrons. The van der Waals surface area contributed by atoms with Crippen LogP contribution in [0, 0.1) is 11.3 Å². The van der Waals surface area contributed by atoms with Crippen molar-refractivity contribution in [3.63, 3.8) is 0 Å². The van der Waals surface area contributed by atoms with Gasteiger partial charge in [0, 0.05) is 25.3 Å². The standard InChI is InChI=1S/C15H22N4/c16-12-15-14(8-5-9-18-15)19-11-10-17-13-6-3-1-2-4-7-13/h5,8-9,13,17,19H,1-4,6-7,10-11H2. The summed E-state index contributed by atoms with van der Waals surface area (Å²) < 4.78 is 0. The van der Waals surface area contributed by atoms with Crippen LogP contribution < -0.4 is 10.6 Å². The molecule has 1 aliphatic rings. The molecule has 0 aliphatic heterocycles. The van der Waals surface area contributed by atoms with Gasteiger partial charge in [-0.05, 0) is 25.0 Å². The predicted molar refractivity (Wildman–Crippen MR) is 76.9 cm³/mol. The second-order valence-electron chi connectivity index (χ2n) is 5.08. The van der Waals surface area contributed by atoms with E-state index in [-0.39, 0.29) is 0 Å². The van der Waals surface area contributed by atoms with Crippen LogP contribution in [0.15, 0.2) is 18.3 Å². The van der Waals surface area contributed by atoms with Crippen LogP contribution in [-0.2, 0) is 0 Å². The summed E-state index contributed by atoms with van der Waals surface area (Å²) in [5.41, 5.74) is 1.30. The Labute approximate surface area is 115 Å². The van der Waals surface area contributed by atoms with Gasteiger partial charge in [-0.1, -0.05) is 25.7 Å². The van der Waals surface area contributed by atoms with E-state index in [0.717, 1.165) is 18.8 Å². The molecule has 0 spiro atoms. The molecule has 1 fully saturated rings. The van der Waals surface area contributed by atoms with Gasteiger partial charge in [0.15, 0.2) is 5.69 Å². The fraction of sp³-hybridized carbons (Fsp3) is 0.600. The lowest BCUT2D eigenvalue weighted by Gasteiger charge is -2.16. The maximum Gasteiger partial charge on any atom is 0.163 e. The quantitative estimate of drug-likeness (QED) is 0.629. The van der Waals surface area contributed by atoms with Gasteiger partial charge in [0.2, 0.25) is 0 Å². The van der Waals surface area contributed by atoms with Crippen molar-refractivity contribution in [3.8, 4) is 6.07 Å². The number of hydrogen-bond donors (Lipinski definition) is 2. The van der Waals surface area contributed by atoms with Crippen molar-refractivity contribution in [2.45, 2.75) is 44.6 Å². The molecule has 1 aromatic heterocycles. The Morgan fingerprint density at radius 3 is 2.74 bits per heavy atom. The summed E-state index contributed by atoms with van der Waals surface area (Å²) in [6.07, 6.45) is 9.73. The van der Waals surface area contributed by atoms with E-state index >= 15 is 0 Å². The van der Waals surface area contributed by atoms with Crippen LogP contribution >= 0.6 is 0 Å². The summed E-state index contributed by atoms with van der Waals surface area (Å²) in [4.78, 5) is 4.03. The molecule has 19 heavy (non-hydrogen) atoms. The van der Waals surface area contributed by atoms with E-state index in [9.17, 15) is 0 Å². The molecule has 0 atom stereocenters. The first kappa shape index (κ1) is 13.8. The Hall–Kier alpha value is -1.60. The molecule has 1 aliphatic carbocycles. The van der Waals surface area contributed by atoms with E-state index < -0.39 is 0 Å². The lowest BCUT2D eigenvalue weighted by atomic mass is 10.1. The first-order valence-corrected chi connectivity index (χ1v) is 7.22. The Morgan fingerprint density at radius 1 is 1.21 bits per heavy atom. The number of nitrogens with one attached hydrogen (secondary N) is 2. The lowest BCUT2D eigenvalue weighted by molar-refractivity contribution is 0.468. The first-order chi connectivity index (χ1) is 9.40. The predicted octanol–water partition coefficient (Wildman–Crippen LogP) is 2.68. The van der Waals surface area contributed by atoms with Crippen molar-refractivity contribution >= 4 is 5.69 Å². The monoisotopic (exact) mass is 258 g/mol. The molecule has 0 aromatic carbocycles.